The second-order valence-electron chi connectivity index (χ2n) is 8.89. The highest BCUT2D eigenvalue weighted by Gasteiger charge is 2.21. The number of aromatic nitrogens is 1. The molecule has 2 N–H and O–H groups in total. The van der Waals surface area contributed by atoms with E-state index < -0.39 is 0 Å². The first kappa shape index (κ1) is 25.5. The number of oxazole rings is 1. The number of nitrogens with zero attached hydrogens (tertiary/aromatic N) is 3. The van der Waals surface area contributed by atoms with Gasteiger partial charge in [-0.3, -0.25) is 9.89 Å². The molecule has 2 aromatic carbocycles. The molecule has 0 saturated carbocycles. The lowest BCUT2D eigenvalue weighted by molar-refractivity contribution is 0.164. The van der Waals surface area contributed by atoms with E-state index >= 15 is 0 Å². The molecule has 0 radical (unpaired) electrons. The summed E-state index contributed by atoms with van der Waals surface area (Å²) in [5.41, 5.74) is 2.26. The summed E-state index contributed by atoms with van der Waals surface area (Å²) in [6.07, 6.45) is 2.34. The van der Waals surface area contributed by atoms with E-state index in [2.05, 4.69) is 74.9 Å². The smallest absolute Gasteiger partial charge is 0.208 e. The van der Waals surface area contributed by atoms with Crippen molar-refractivity contribution in [1.29, 1.82) is 0 Å². The van der Waals surface area contributed by atoms with Crippen LogP contribution in [-0.4, -0.2) is 42.5 Å². The van der Waals surface area contributed by atoms with Crippen LogP contribution in [0.15, 0.2) is 51.9 Å². The van der Waals surface area contributed by atoms with Gasteiger partial charge in [0.1, 0.15) is 5.76 Å². The van der Waals surface area contributed by atoms with Crippen molar-refractivity contribution in [2.45, 2.75) is 46.2 Å². The lowest BCUT2D eigenvalue weighted by atomic mass is 9.97. The lowest BCUT2D eigenvalue weighted by Gasteiger charge is -2.31. The van der Waals surface area contributed by atoms with E-state index in [4.69, 9.17) is 4.42 Å². The predicted octanol–water partition coefficient (Wildman–Crippen LogP) is 5.20. The highest BCUT2D eigenvalue weighted by Crippen LogP contribution is 2.21. The van der Waals surface area contributed by atoms with Crippen molar-refractivity contribution in [3.05, 3.63) is 65.4 Å². The Morgan fingerprint density at radius 1 is 1.15 bits per heavy atom. The van der Waals surface area contributed by atoms with Gasteiger partial charge in [0.15, 0.2) is 5.96 Å². The molecule has 1 fully saturated rings. The Kier molecular flexibility index (Phi) is 9.14. The number of guanidine groups is 1. The molecular formula is C26H36IN5O. The van der Waals surface area contributed by atoms with Crippen molar-refractivity contribution in [2.24, 2.45) is 10.9 Å². The maximum absolute atomic E-state index is 5.75. The molecule has 4 rings (SSSR count). The van der Waals surface area contributed by atoms with Crippen LogP contribution in [0.1, 0.15) is 48.7 Å². The van der Waals surface area contributed by atoms with Crippen molar-refractivity contribution in [1.82, 2.24) is 20.5 Å². The van der Waals surface area contributed by atoms with Crippen LogP contribution < -0.4 is 10.6 Å². The largest absolute Gasteiger partial charge is 0.444 e. The third-order valence-corrected chi connectivity index (χ3v) is 6.55. The summed E-state index contributed by atoms with van der Waals surface area (Å²) in [5.74, 6) is 3.27. The minimum absolute atomic E-state index is 0. The van der Waals surface area contributed by atoms with E-state index in [0.29, 0.717) is 5.92 Å². The molecule has 1 saturated heterocycles. The first-order valence-corrected chi connectivity index (χ1v) is 11.6. The Bertz CT molecular complexity index is 1050. The fraction of sp³-hybridized carbons (Fsp3) is 0.462. The minimum Gasteiger partial charge on any atom is -0.444 e. The highest BCUT2D eigenvalue weighted by molar-refractivity contribution is 14.0. The second kappa shape index (κ2) is 11.8. The molecule has 1 atom stereocenters. The molecule has 2 heterocycles. The molecule has 7 heteroatoms. The van der Waals surface area contributed by atoms with Crippen LogP contribution in [0.3, 0.4) is 0 Å². The van der Waals surface area contributed by atoms with Gasteiger partial charge in [-0.25, -0.2) is 4.98 Å². The zero-order chi connectivity index (χ0) is 22.5. The summed E-state index contributed by atoms with van der Waals surface area (Å²) < 4.78 is 5.75. The predicted molar refractivity (Wildman–Crippen MR) is 146 cm³/mol. The average molecular weight is 562 g/mol. The Morgan fingerprint density at radius 3 is 2.55 bits per heavy atom. The second-order valence-corrected chi connectivity index (χ2v) is 8.89. The number of hydrogen-bond donors (Lipinski definition) is 2. The summed E-state index contributed by atoms with van der Waals surface area (Å²) in [5, 5.41) is 9.62. The van der Waals surface area contributed by atoms with Crippen LogP contribution in [0.2, 0.25) is 0 Å². The van der Waals surface area contributed by atoms with Crippen LogP contribution in [0, 0.1) is 19.8 Å². The van der Waals surface area contributed by atoms with Gasteiger partial charge in [0.2, 0.25) is 5.89 Å². The molecule has 1 aromatic heterocycles. The maximum atomic E-state index is 5.75. The standard InChI is InChI=1S/C26H35N5O.HI/c1-18-20(3)32-25(29-18)17-31-13-11-21(12-14-31)16-28-26(27-4)30-19(2)23-10-9-22-7-5-6-8-24(22)15-23;/h5-10,15,19,21H,11-14,16-17H2,1-4H3,(H2,27,28,30);1H. The molecule has 0 amide bonds. The fourth-order valence-corrected chi connectivity index (χ4v) is 4.35. The van der Waals surface area contributed by atoms with E-state index in [1.807, 2.05) is 20.9 Å². The Balaban J connectivity index is 0.00000306. The van der Waals surface area contributed by atoms with E-state index in [1.165, 1.54) is 29.2 Å². The van der Waals surface area contributed by atoms with Gasteiger partial charge in [0.25, 0.3) is 0 Å². The van der Waals surface area contributed by atoms with Crippen molar-refractivity contribution < 1.29 is 4.42 Å². The summed E-state index contributed by atoms with van der Waals surface area (Å²) >= 11 is 0. The minimum atomic E-state index is 0. The van der Waals surface area contributed by atoms with Gasteiger partial charge in [0.05, 0.1) is 18.3 Å². The Labute approximate surface area is 214 Å². The highest BCUT2D eigenvalue weighted by atomic mass is 127. The number of aryl methyl sites for hydroxylation is 2. The van der Waals surface area contributed by atoms with Gasteiger partial charge in [-0.15, -0.1) is 24.0 Å². The molecule has 1 unspecified atom stereocenters. The van der Waals surface area contributed by atoms with Crippen molar-refractivity contribution in [3.63, 3.8) is 0 Å². The van der Waals surface area contributed by atoms with Crippen molar-refractivity contribution in [2.75, 3.05) is 26.7 Å². The number of likely N-dealkylation sites (tertiary alicyclic amines) is 1. The normalized spacial score (nSPS) is 16.4. The van der Waals surface area contributed by atoms with Crippen LogP contribution in [0.4, 0.5) is 0 Å². The number of halogens is 1. The molecule has 0 bridgehead atoms. The Hall–Kier alpha value is -2.13. The van der Waals surface area contributed by atoms with E-state index in [1.54, 1.807) is 0 Å². The first-order chi connectivity index (χ1) is 15.5. The molecule has 6 nitrogen and oxygen atoms in total. The van der Waals surface area contributed by atoms with Crippen LogP contribution in [-0.2, 0) is 6.54 Å². The average Bonchev–Trinajstić information content (AvgIpc) is 3.13. The van der Waals surface area contributed by atoms with Crippen molar-refractivity contribution in [3.8, 4) is 0 Å². The molecule has 33 heavy (non-hydrogen) atoms. The quantitative estimate of drug-likeness (QED) is 0.246. The van der Waals surface area contributed by atoms with Gasteiger partial charge < -0.3 is 15.1 Å². The number of rotatable bonds is 6. The van der Waals surface area contributed by atoms with E-state index in [-0.39, 0.29) is 30.0 Å². The maximum Gasteiger partial charge on any atom is 0.208 e. The third kappa shape index (κ3) is 6.69. The van der Waals surface area contributed by atoms with Gasteiger partial charge in [-0.05, 0) is 75.0 Å². The zero-order valence-electron chi connectivity index (χ0n) is 20.1. The Morgan fingerprint density at radius 2 is 1.88 bits per heavy atom. The van der Waals surface area contributed by atoms with Gasteiger partial charge in [-0.2, -0.15) is 0 Å². The van der Waals surface area contributed by atoms with E-state index in [0.717, 1.165) is 49.5 Å². The number of benzene rings is 2. The number of hydrogen-bond acceptors (Lipinski definition) is 4. The first-order valence-electron chi connectivity index (χ1n) is 11.6. The number of nitrogens with one attached hydrogen (secondary N) is 2. The number of piperidine rings is 1. The summed E-state index contributed by atoms with van der Waals surface area (Å²) in [7, 11) is 1.84. The fourth-order valence-electron chi connectivity index (χ4n) is 4.35. The van der Waals surface area contributed by atoms with E-state index in [9.17, 15) is 0 Å². The van der Waals surface area contributed by atoms with Gasteiger partial charge in [0, 0.05) is 13.6 Å². The SMILES string of the molecule is CN=C(NCC1CCN(Cc2nc(C)c(C)o2)CC1)NC(C)c1ccc2ccccc2c1.I. The molecule has 178 valence electrons. The van der Waals surface area contributed by atoms with Crippen LogP contribution in [0.5, 0.6) is 0 Å². The van der Waals surface area contributed by atoms with Crippen LogP contribution in [0.25, 0.3) is 10.8 Å². The molecule has 0 spiro atoms. The number of fused-ring (bicyclic) bond motifs is 1. The van der Waals surface area contributed by atoms with Gasteiger partial charge in [-0.1, -0.05) is 36.4 Å². The molecule has 1 aliphatic rings. The lowest BCUT2D eigenvalue weighted by Crippen LogP contribution is -2.43. The van der Waals surface area contributed by atoms with Gasteiger partial charge >= 0.3 is 0 Å². The summed E-state index contributed by atoms with van der Waals surface area (Å²) in [4.78, 5) is 11.4. The molecule has 3 aromatic rings. The van der Waals surface area contributed by atoms with Crippen molar-refractivity contribution >= 4 is 40.7 Å². The zero-order valence-corrected chi connectivity index (χ0v) is 22.4. The third-order valence-electron chi connectivity index (χ3n) is 6.55. The molecular weight excluding hydrogens is 525 g/mol. The summed E-state index contributed by atoms with van der Waals surface area (Å²) in [6, 6.07) is 15.3. The monoisotopic (exact) mass is 561 g/mol. The summed E-state index contributed by atoms with van der Waals surface area (Å²) in [6.45, 7) is 10.1. The topological polar surface area (TPSA) is 65.7 Å². The van der Waals surface area contributed by atoms with Crippen LogP contribution >= 0.6 is 24.0 Å². The molecule has 1 aliphatic heterocycles. The molecule has 0 aliphatic carbocycles. The number of aliphatic imine (C=N–C) groups is 1.